The van der Waals surface area contributed by atoms with Crippen molar-refractivity contribution in [2.75, 3.05) is 6.54 Å². The Bertz CT molecular complexity index is 510. The molecule has 2 aliphatic carbocycles. The van der Waals surface area contributed by atoms with Gasteiger partial charge in [0.2, 0.25) is 0 Å². The van der Waals surface area contributed by atoms with Crippen molar-refractivity contribution in [2.45, 2.75) is 59.2 Å². The smallest absolute Gasteiger partial charge is 0.0723 e. The van der Waals surface area contributed by atoms with Crippen molar-refractivity contribution in [3.63, 3.8) is 0 Å². The number of hydrogen-bond donors (Lipinski definition) is 1. The molecule has 0 amide bonds. The Hall–Kier alpha value is -0.860. The zero-order valence-electron chi connectivity index (χ0n) is 13.7. The lowest BCUT2D eigenvalue weighted by Crippen LogP contribution is -2.37. The first-order chi connectivity index (χ1) is 9.99. The van der Waals surface area contributed by atoms with E-state index in [2.05, 4.69) is 45.0 Å². The molecule has 21 heavy (non-hydrogen) atoms. The molecule has 3 unspecified atom stereocenters. The highest BCUT2D eigenvalue weighted by Crippen LogP contribution is 2.66. The van der Waals surface area contributed by atoms with Crippen LogP contribution in [0.1, 0.15) is 51.2 Å². The van der Waals surface area contributed by atoms with Crippen LogP contribution in [0, 0.1) is 16.7 Å². The molecule has 2 aliphatic rings. The summed E-state index contributed by atoms with van der Waals surface area (Å²) in [5.74, 6) is 0.840. The van der Waals surface area contributed by atoms with Gasteiger partial charge in [-0.1, -0.05) is 45.0 Å². The van der Waals surface area contributed by atoms with E-state index in [1.54, 1.807) is 0 Å². The molecule has 0 saturated heterocycles. The molecule has 0 aromatic heterocycles. The Kier molecular flexibility index (Phi) is 3.87. The van der Waals surface area contributed by atoms with Gasteiger partial charge in [0.15, 0.2) is 0 Å². The second-order valence-electron chi connectivity index (χ2n) is 7.72. The predicted molar refractivity (Wildman–Crippen MR) is 87.0 cm³/mol. The van der Waals surface area contributed by atoms with Gasteiger partial charge in [0, 0.05) is 0 Å². The quantitative estimate of drug-likeness (QED) is 0.891. The minimum atomic E-state index is 0.348. The number of fused-ring (bicyclic) bond motifs is 2. The highest BCUT2D eigenvalue weighted by Gasteiger charge is 2.61. The Morgan fingerprint density at radius 2 is 1.90 bits per heavy atom. The summed E-state index contributed by atoms with van der Waals surface area (Å²) >= 11 is 0. The lowest BCUT2D eigenvalue weighted by molar-refractivity contribution is -0.0552. The number of benzene rings is 1. The molecule has 2 N–H and O–H groups in total. The number of nitrogens with two attached hydrogens (primary N) is 1. The first kappa shape index (κ1) is 15.1. The third-order valence-corrected chi connectivity index (χ3v) is 6.69. The van der Waals surface area contributed by atoms with Crippen molar-refractivity contribution in [1.29, 1.82) is 0 Å². The number of ether oxygens (including phenoxy) is 1. The van der Waals surface area contributed by atoms with Gasteiger partial charge < -0.3 is 10.5 Å². The molecule has 1 aromatic rings. The Labute approximate surface area is 129 Å². The zero-order chi connectivity index (χ0) is 15.1. The molecule has 1 aromatic carbocycles. The van der Waals surface area contributed by atoms with Crippen LogP contribution in [0.25, 0.3) is 0 Å². The van der Waals surface area contributed by atoms with E-state index in [0.717, 1.165) is 18.9 Å². The van der Waals surface area contributed by atoms with E-state index in [1.165, 1.54) is 30.4 Å². The summed E-state index contributed by atoms with van der Waals surface area (Å²) in [4.78, 5) is 0. The Morgan fingerprint density at radius 1 is 1.19 bits per heavy atom. The fraction of sp³-hybridized carbons (Fsp3) is 0.684. The van der Waals surface area contributed by atoms with Crippen molar-refractivity contribution in [3.05, 3.63) is 35.4 Å². The summed E-state index contributed by atoms with van der Waals surface area (Å²) in [5.41, 5.74) is 9.14. The molecule has 3 rings (SSSR count). The minimum absolute atomic E-state index is 0.348. The van der Waals surface area contributed by atoms with E-state index in [-0.39, 0.29) is 0 Å². The van der Waals surface area contributed by atoms with Gasteiger partial charge in [-0.15, -0.1) is 0 Å². The van der Waals surface area contributed by atoms with Crippen LogP contribution in [-0.2, 0) is 17.8 Å². The zero-order valence-corrected chi connectivity index (χ0v) is 13.7. The van der Waals surface area contributed by atoms with E-state index < -0.39 is 0 Å². The average molecular weight is 287 g/mol. The summed E-state index contributed by atoms with van der Waals surface area (Å²) in [7, 11) is 0. The maximum atomic E-state index is 6.41. The molecule has 0 aliphatic heterocycles. The summed E-state index contributed by atoms with van der Waals surface area (Å²) in [6.07, 6.45) is 5.29. The Balaban J connectivity index is 1.70. The molecular weight excluding hydrogens is 258 g/mol. The van der Waals surface area contributed by atoms with Gasteiger partial charge in [0.05, 0.1) is 12.7 Å². The normalized spacial score (nSPS) is 33.5. The topological polar surface area (TPSA) is 35.2 Å². The fourth-order valence-electron chi connectivity index (χ4n) is 4.67. The van der Waals surface area contributed by atoms with E-state index in [1.807, 2.05) is 0 Å². The lowest BCUT2D eigenvalue weighted by Gasteiger charge is -2.39. The summed E-state index contributed by atoms with van der Waals surface area (Å²) < 4.78 is 6.41. The van der Waals surface area contributed by atoms with Crippen LogP contribution in [0.3, 0.4) is 0 Å². The van der Waals surface area contributed by atoms with Crippen LogP contribution in [0.2, 0.25) is 0 Å². The van der Waals surface area contributed by atoms with Gasteiger partial charge in [0.1, 0.15) is 0 Å². The van der Waals surface area contributed by atoms with Crippen LogP contribution in [0.15, 0.2) is 24.3 Å². The van der Waals surface area contributed by atoms with Crippen molar-refractivity contribution >= 4 is 0 Å². The molecule has 2 heteroatoms. The van der Waals surface area contributed by atoms with Crippen molar-refractivity contribution in [3.8, 4) is 0 Å². The second kappa shape index (κ2) is 5.40. The summed E-state index contributed by atoms with van der Waals surface area (Å²) in [5, 5.41) is 0. The molecule has 2 nitrogen and oxygen atoms in total. The van der Waals surface area contributed by atoms with Gasteiger partial charge in [-0.25, -0.2) is 0 Å². The highest BCUT2D eigenvalue weighted by molar-refractivity contribution is 5.27. The number of rotatable bonds is 5. The van der Waals surface area contributed by atoms with Crippen LogP contribution in [0.4, 0.5) is 0 Å². The molecule has 116 valence electrons. The lowest BCUT2D eigenvalue weighted by atomic mass is 9.70. The van der Waals surface area contributed by atoms with E-state index >= 15 is 0 Å². The Morgan fingerprint density at radius 3 is 2.48 bits per heavy atom. The highest BCUT2D eigenvalue weighted by atomic mass is 16.5. The SMILES string of the molecule is CC1(C)C2CCC1(C)C(OCc1ccccc1CCN)C2. The van der Waals surface area contributed by atoms with Crippen LogP contribution in [0.5, 0.6) is 0 Å². The minimum Gasteiger partial charge on any atom is -0.373 e. The summed E-state index contributed by atoms with van der Waals surface area (Å²) in [6.45, 7) is 8.76. The van der Waals surface area contributed by atoms with Gasteiger partial charge in [-0.3, -0.25) is 0 Å². The maximum absolute atomic E-state index is 6.41. The predicted octanol–water partition coefficient (Wildman–Crippen LogP) is 3.92. The monoisotopic (exact) mass is 287 g/mol. The van der Waals surface area contributed by atoms with Crippen molar-refractivity contribution < 1.29 is 4.74 Å². The third-order valence-electron chi connectivity index (χ3n) is 6.69. The molecule has 0 radical (unpaired) electrons. The van der Waals surface area contributed by atoms with Crippen molar-refractivity contribution in [2.24, 2.45) is 22.5 Å². The molecule has 0 spiro atoms. The number of hydrogen-bond acceptors (Lipinski definition) is 2. The molecule has 0 heterocycles. The van der Waals surface area contributed by atoms with E-state index in [9.17, 15) is 0 Å². The van der Waals surface area contributed by atoms with Crippen LogP contribution in [-0.4, -0.2) is 12.6 Å². The van der Waals surface area contributed by atoms with Gasteiger partial charge in [-0.2, -0.15) is 0 Å². The molecule has 2 bridgehead atoms. The first-order valence-corrected chi connectivity index (χ1v) is 8.37. The van der Waals surface area contributed by atoms with Crippen LogP contribution < -0.4 is 5.73 Å². The average Bonchev–Trinajstić information content (AvgIpc) is 2.79. The molecular formula is C19H29NO. The van der Waals surface area contributed by atoms with Gasteiger partial charge in [0.25, 0.3) is 0 Å². The van der Waals surface area contributed by atoms with Gasteiger partial charge in [-0.05, 0) is 60.1 Å². The fourth-order valence-corrected chi connectivity index (χ4v) is 4.67. The molecule has 2 saturated carbocycles. The molecule has 2 fully saturated rings. The van der Waals surface area contributed by atoms with Crippen molar-refractivity contribution in [1.82, 2.24) is 0 Å². The van der Waals surface area contributed by atoms with E-state index in [4.69, 9.17) is 10.5 Å². The molecule has 3 atom stereocenters. The third kappa shape index (κ3) is 2.33. The second-order valence-corrected chi connectivity index (χ2v) is 7.72. The largest absolute Gasteiger partial charge is 0.373 e. The maximum Gasteiger partial charge on any atom is 0.0723 e. The standard InChI is InChI=1S/C19H29NO/c1-18(2)16-8-10-19(18,3)17(12-16)21-13-15-7-5-4-6-14(15)9-11-20/h4-7,16-17H,8-13,20H2,1-3H3. The first-order valence-electron chi connectivity index (χ1n) is 8.37. The van der Waals surface area contributed by atoms with Crippen LogP contribution >= 0.6 is 0 Å². The van der Waals surface area contributed by atoms with Gasteiger partial charge >= 0.3 is 0 Å². The van der Waals surface area contributed by atoms with E-state index in [0.29, 0.717) is 23.5 Å². The summed E-state index contributed by atoms with van der Waals surface area (Å²) in [6, 6.07) is 8.56.